The summed E-state index contributed by atoms with van der Waals surface area (Å²) in [6.07, 6.45) is 1.43. The van der Waals surface area contributed by atoms with Crippen LogP contribution in [0.3, 0.4) is 0 Å². The molecule has 0 aliphatic heterocycles. The van der Waals surface area contributed by atoms with Crippen LogP contribution < -0.4 is 11.0 Å². The van der Waals surface area contributed by atoms with Gasteiger partial charge in [0.25, 0.3) is 11.2 Å². The number of para-hydroxylation sites is 1. The van der Waals surface area contributed by atoms with Gasteiger partial charge in [0.15, 0.2) is 0 Å². The van der Waals surface area contributed by atoms with Crippen molar-refractivity contribution in [3.8, 4) is 11.3 Å². The second-order valence-electron chi connectivity index (χ2n) is 5.81. The fourth-order valence-corrected chi connectivity index (χ4v) is 2.62. The Morgan fingerprint density at radius 1 is 1.11 bits per heavy atom. The van der Waals surface area contributed by atoms with Crippen molar-refractivity contribution in [3.05, 3.63) is 86.9 Å². The number of furan rings is 1. The number of H-pyrrole nitrogens is 1. The molecule has 0 aliphatic carbocycles. The summed E-state index contributed by atoms with van der Waals surface area (Å²) >= 11 is 0. The number of rotatable bonds is 5. The van der Waals surface area contributed by atoms with Crippen LogP contribution in [0.1, 0.15) is 5.76 Å². The standard InChI is InChI=1S/C19H13N5O4/c25-18-15-3-1-2-4-16(15)21-19(22-18)23-20-11-14-9-10-17(28-14)12-5-7-13(8-6-12)24(26)27/h1-11H,(H2,21,22,23,25). The van der Waals surface area contributed by atoms with E-state index in [-0.39, 0.29) is 17.2 Å². The first-order valence-corrected chi connectivity index (χ1v) is 8.23. The molecule has 9 heteroatoms. The van der Waals surface area contributed by atoms with Gasteiger partial charge in [0.2, 0.25) is 5.95 Å². The van der Waals surface area contributed by atoms with Gasteiger partial charge in [0, 0.05) is 17.7 Å². The van der Waals surface area contributed by atoms with Crippen LogP contribution >= 0.6 is 0 Å². The smallest absolute Gasteiger partial charge is 0.269 e. The molecule has 2 N–H and O–H groups in total. The van der Waals surface area contributed by atoms with Crippen LogP contribution in [-0.2, 0) is 0 Å². The minimum Gasteiger partial charge on any atom is -0.455 e. The maximum atomic E-state index is 12.0. The van der Waals surface area contributed by atoms with Gasteiger partial charge in [-0.15, -0.1) is 0 Å². The Kier molecular flexibility index (Phi) is 4.38. The first-order chi connectivity index (χ1) is 13.6. The van der Waals surface area contributed by atoms with Crippen molar-refractivity contribution in [2.24, 2.45) is 5.10 Å². The van der Waals surface area contributed by atoms with Crippen molar-refractivity contribution in [2.75, 3.05) is 5.43 Å². The molecule has 28 heavy (non-hydrogen) atoms. The predicted octanol–water partition coefficient (Wildman–Crippen LogP) is 3.54. The van der Waals surface area contributed by atoms with Crippen LogP contribution in [0, 0.1) is 10.1 Å². The van der Waals surface area contributed by atoms with Crippen molar-refractivity contribution >= 4 is 28.8 Å². The van der Waals surface area contributed by atoms with Crippen LogP contribution in [0.2, 0.25) is 0 Å². The lowest BCUT2D eigenvalue weighted by molar-refractivity contribution is -0.384. The van der Waals surface area contributed by atoms with E-state index in [1.165, 1.54) is 18.3 Å². The lowest BCUT2D eigenvalue weighted by Gasteiger charge is -2.01. The number of fused-ring (bicyclic) bond motifs is 1. The lowest BCUT2D eigenvalue weighted by atomic mass is 10.1. The molecule has 0 unspecified atom stereocenters. The van der Waals surface area contributed by atoms with E-state index in [9.17, 15) is 14.9 Å². The number of benzene rings is 2. The molecule has 4 rings (SSSR count). The van der Waals surface area contributed by atoms with Crippen LogP contribution in [-0.4, -0.2) is 21.1 Å². The number of hydrogen-bond acceptors (Lipinski definition) is 7. The quantitative estimate of drug-likeness (QED) is 0.312. The van der Waals surface area contributed by atoms with Crippen molar-refractivity contribution < 1.29 is 9.34 Å². The summed E-state index contributed by atoms with van der Waals surface area (Å²) in [6, 6.07) is 16.5. The Labute approximate surface area is 157 Å². The van der Waals surface area contributed by atoms with Gasteiger partial charge in [-0.1, -0.05) is 12.1 Å². The van der Waals surface area contributed by atoms with E-state index in [1.54, 1.807) is 48.5 Å². The maximum Gasteiger partial charge on any atom is 0.269 e. The Morgan fingerprint density at radius 2 is 1.89 bits per heavy atom. The SMILES string of the molecule is O=c1[nH]c(NN=Cc2ccc(-c3ccc([N+](=O)[O-])cc3)o2)nc2ccccc12. The largest absolute Gasteiger partial charge is 0.455 e. The van der Waals surface area contributed by atoms with Gasteiger partial charge in [-0.25, -0.2) is 10.4 Å². The highest BCUT2D eigenvalue weighted by Crippen LogP contribution is 2.24. The molecule has 0 atom stereocenters. The fourth-order valence-electron chi connectivity index (χ4n) is 2.62. The molecule has 2 aromatic carbocycles. The summed E-state index contributed by atoms with van der Waals surface area (Å²) in [7, 11) is 0. The number of nitrogens with zero attached hydrogens (tertiary/aromatic N) is 3. The molecule has 9 nitrogen and oxygen atoms in total. The topological polar surface area (TPSA) is 126 Å². The van der Waals surface area contributed by atoms with Gasteiger partial charge in [0.05, 0.1) is 22.0 Å². The molecule has 0 fully saturated rings. The number of anilines is 1. The summed E-state index contributed by atoms with van der Waals surface area (Å²) in [5, 5.41) is 15.2. The molecule has 0 spiro atoms. The van der Waals surface area contributed by atoms with Crippen molar-refractivity contribution in [2.45, 2.75) is 0 Å². The van der Waals surface area contributed by atoms with Gasteiger partial charge in [-0.2, -0.15) is 5.10 Å². The van der Waals surface area contributed by atoms with Crippen LogP contribution in [0.15, 0.2) is 75.0 Å². The number of aromatic amines is 1. The van der Waals surface area contributed by atoms with Gasteiger partial charge < -0.3 is 4.42 Å². The molecule has 0 aliphatic rings. The minimum atomic E-state index is -0.458. The zero-order valence-corrected chi connectivity index (χ0v) is 14.3. The zero-order chi connectivity index (χ0) is 19.5. The number of non-ortho nitro benzene ring substituents is 1. The van der Waals surface area contributed by atoms with E-state index in [1.807, 2.05) is 0 Å². The third kappa shape index (κ3) is 3.49. The van der Waals surface area contributed by atoms with Gasteiger partial charge >= 0.3 is 0 Å². The highest BCUT2D eigenvalue weighted by atomic mass is 16.6. The number of hydrogen-bond donors (Lipinski definition) is 2. The van der Waals surface area contributed by atoms with E-state index in [4.69, 9.17) is 4.42 Å². The van der Waals surface area contributed by atoms with E-state index in [0.717, 1.165) is 0 Å². The highest BCUT2D eigenvalue weighted by molar-refractivity contribution is 5.79. The first-order valence-electron chi connectivity index (χ1n) is 8.23. The third-order valence-electron chi connectivity index (χ3n) is 3.96. The van der Waals surface area contributed by atoms with Crippen molar-refractivity contribution in [1.29, 1.82) is 0 Å². The van der Waals surface area contributed by atoms with Crippen LogP contribution in [0.25, 0.3) is 22.2 Å². The molecule has 2 aromatic heterocycles. The summed E-state index contributed by atoms with van der Waals surface area (Å²) in [5.74, 6) is 1.22. The van der Waals surface area contributed by atoms with E-state index < -0.39 is 4.92 Å². The molecule has 0 radical (unpaired) electrons. The second-order valence-corrected chi connectivity index (χ2v) is 5.81. The normalized spacial score (nSPS) is 11.1. The summed E-state index contributed by atoms with van der Waals surface area (Å²) in [4.78, 5) is 29.1. The highest BCUT2D eigenvalue weighted by Gasteiger charge is 2.08. The second kappa shape index (κ2) is 7.16. The van der Waals surface area contributed by atoms with E-state index >= 15 is 0 Å². The van der Waals surface area contributed by atoms with Crippen LogP contribution in [0.4, 0.5) is 11.6 Å². The monoisotopic (exact) mass is 375 g/mol. The Balaban J connectivity index is 1.49. The zero-order valence-electron chi connectivity index (χ0n) is 14.3. The van der Waals surface area contributed by atoms with Gasteiger partial charge in [0.1, 0.15) is 11.5 Å². The molecule has 0 amide bonds. The average molecular weight is 375 g/mol. The molecule has 0 bridgehead atoms. The maximum absolute atomic E-state index is 12.0. The molecule has 0 saturated heterocycles. The average Bonchev–Trinajstić information content (AvgIpc) is 3.17. The van der Waals surface area contributed by atoms with E-state index in [2.05, 4.69) is 20.5 Å². The molecule has 2 heterocycles. The fraction of sp³-hybridized carbons (Fsp3) is 0. The first kappa shape index (κ1) is 17.2. The molecular weight excluding hydrogens is 362 g/mol. The minimum absolute atomic E-state index is 0.0122. The number of hydrazone groups is 1. The predicted molar refractivity (Wildman–Crippen MR) is 104 cm³/mol. The molecular formula is C19H13N5O4. The number of nitro benzene ring substituents is 1. The Hall–Kier alpha value is -4.27. The molecule has 4 aromatic rings. The Morgan fingerprint density at radius 3 is 2.68 bits per heavy atom. The van der Waals surface area contributed by atoms with Gasteiger partial charge in [-0.05, 0) is 36.4 Å². The summed E-state index contributed by atoms with van der Waals surface area (Å²) < 4.78 is 5.65. The number of aromatic nitrogens is 2. The summed E-state index contributed by atoms with van der Waals surface area (Å²) in [5.41, 5.74) is 3.68. The van der Waals surface area contributed by atoms with E-state index in [0.29, 0.717) is 28.0 Å². The molecule has 0 saturated carbocycles. The number of nitro groups is 1. The molecule has 138 valence electrons. The van der Waals surface area contributed by atoms with Crippen LogP contribution in [0.5, 0.6) is 0 Å². The number of nitrogens with one attached hydrogen (secondary N) is 2. The third-order valence-corrected chi connectivity index (χ3v) is 3.96. The van der Waals surface area contributed by atoms with Gasteiger partial charge in [-0.3, -0.25) is 19.9 Å². The summed E-state index contributed by atoms with van der Waals surface area (Å²) in [6.45, 7) is 0. The lowest BCUT2D eigenvalue weighted by Crippen LogP contribution is -2.10. The van der Waals surface area contributed by atoms with Crippen molar-refractivity contribution in [3.63, 3.8) is 0 Å². The van der Waals surface area contributed by atoms with Crippen molar-refractivity contribution in [1.82, 2.24) is 9.97 Å². The Bertz CT molecular complexity index is 1240.